The molecule has 1 unspecified atom stereocenters. The summed E-state index contributed by atoms with van der Waals surface area (Å²) in [6.07, 6.45) is 1.06. The summed E-state index contributed by atoms with van der Waals surface area (Å²) in [5.74, 6) is 0.915. The molecule has 1 aromatic rings. The molecule has 0 heterocycles. The minimum Gasteiger partial charge on any atom is -0.357 e. The highest BCUT2D eigenvalue weighted by atomic mass is 127. The molecule has 0 saturated heterocycles. The molecule has 0 aliphatic rings. The number of rotatable bonds is 8. The van der Waals surface area contributed by atoms with E-state index in [-0.39, 0.29) is 24.0 Å². The third-order valence-electron chi connectivity index (χ3n) is 3.53. The lowest BCUT2D eigenvalue weighted by molar-refractivity contribution is 0.240. The van der Waals surface area contributed by atoms with Gasteiger partial charge in [-0.05, 0) is 39.8 Å². The number of hydrogen-bond acceptors (Lipinski definition) is 2. The van der Waals surface area contributed by atoms with Crippen LogP contribution >= 0.6 is 24.0 Å². The summed E-state index contributed by atoms with van der Waals surface area (Å²) in [6.45, 7) is 10.1. The number of guanidine groups is 1. The smallest absolute Gasteiger partial charge is 0.191 e. The predicted octanol–water partition coefficient (Wildman–Crippen LogP) is 3.09. The molecule has 2 N–H and O–H groups in total. The lowest BCUT2D eigenvalue weighted by atomic mass is 10.1. The van der Waals surface area contributed by atoms with E-state index < -0.39 is 0 Å². The SMILES string of the molecule is CCNC(=NCCC(C)N(C)Cc1ccccc1)NCC.I. The molecule has 0 aliphatic heterocycles. The van der Waals surface area contributed by atoms with Crippen LogP contribution in [0.4, 0.5) is 0 Å². The molecule has 0 bridgehead atoms. The molecule has 1 rings (SSSR count). The molecule has 22 heavy (non-hydrogen) atoms. The van der Waals surface area contributed by atoms with Gasteiger partial charge < -0.3 is 10.6 Å². The van der Waals surface area contributed by atoms with Crippen LogP contribution in [0.3, 0.4) is 0 Å². The quantitative estimate of drug-likeness (QED) is 0.387. The fourth-order valence-corrected chi connectivity index (χ4v) is 2.12. The van der Waals surface area contributed by atoms with E-state index in [0.29, 0.717) is 6.04 Å². The molecule has 0 saturated carbocycles. The molecule has 1 aromatic carbocycles. The molecule has 0 aromatic heterocycles. The van der Waals surface area contributed by atoms with E-state index >= 15 is 0 Å². The van der Waals surface area contributed by atoms with Gasteiger partial charge in [0, 0.05) is 32.2 Å². The van der Waals surface area contributed by atoms with Crippen LogP contribution in [0.2, 0.25) is 0 Å². The van der Waals surface area contributed by atoms with Crippen molar-refractivity contribution in [2.75, 3.05) is 26.7 Å². The first-order chi connectivity index (χ1) is 10.2. The molecular formula is C17H31IN4. The number of nitrogens with one attached hydrogen (secondary N) is 2. The second-order valence-corrected chi connectivity index (χ2v) is 5.33. The van der Waals surface area contributed by atoms with E-state index in [9.17, 15) is 0 Å². The van der Waals surface area contributed by atoms with Gasteiger partial charge in [0.05, 0.1) is 0 Å². The number of halogens is 1. The van der Waals surface area contributed by atoms with Crippen molar-refractivity contribution in [1.29, 1.82) is 0 Å². The maximum atomic E-state index is 4.60. The number of aliphatic imine (C=N–C) groups is 1. The molecule has 4 nitrogen and oxygen atoms in total. The average molecular weight is 418 g/mol. The Morgan fingerprint density at radius 1 is 1.14 bits per heavy atom. The van der Waals surface area contributed by atoms with Crippen LogP contribution in [0.15, 0.2) is 35.3 Å². The molecule has 0 fully saturated rings. The van der Waals surface area contributed by atoms with Crippen molar-refractivity contribution in [3.63, 3.8) is 0 Å². The standard InChI is InChI=1S/C17H30N4.HI/c1-5-18-17(19-6-2)20-13-12-15(3)21(4)14-16-10-8-7-9-11-16;/h7-11,15H,5-6,12-14H2,1-4H3,(H2,18,19,20);1H. The highest BCUT2D eigenvalue weighted by molar-refractivity contribution is 14.0. The minimum absolute atomic E-state index is 0. The summed E-state index contributed by atoms with van der Waals surface area (Å²) in [5.41, 5.74) is 1.36. The van der Waals surface area contributed by atoms with Crippen molar-refractivity contribution in [1.82, 2.24) is 15.5 Å². The zero-order valence-electron chi connectivity index (χ0n) is 14.3. The monoisotopic (exact) mass is 418 g/mol. The molecule has 126 valence electrons. The Hall–Kier alpha value is -0.820. The van der Waals surface area contributed by atoms with Crippen LogP contribution in [0.1, 0.15) is 32.8 Å². The minimum atomic E-state index is 0. The predicted molar refractivity (Wildman–Crippen MR) is 107 cm³/mol. The number of hydrogen-bond donors (Lipinski definition) is 2. The van der Waals surface area contributed by atoms with Gasteiger partial charge in [-0.3, -0.25) is 9.89 Å². The lowest BCUT2D eigenvalue weighted by Gasteiger charge is -2.24. The van der Waals surface area contributed by atoms with E-state index in [0.717, 1.165) is 38.6 Å². The lowest BCUT2D eigenvalue weighted by Crippen LogP contribution is -2.37. The largest absolute Gasteiger partial charge is 0.357 e. The second kappa shape index (κ2) is 12.7. The van der Waals surface area contributed by atoms with Crippen LogP contribution in [0.25, 0.3) is 0 Å². The Bertz CT molecular complexity index is 400. The van der Waals surface area contributed by atoms with Gasteiger partial charge in [0.1, 0.15) is 0 Å². The normalized spacial score (nSPS) is 11.5. The Morgan fingerprint density at radius 3 is 2.27 bits per heavy atom. The van der Waals surface area contributed by atoms with Gasteiger partial charge in [-0.25, -0.2) is 0 Å². The van der Waals surface area contributed by atoms with Crippen LogP contribution in [-0.2, 0) is 6.54 Å². The fraction of sp³-hybridized carbons (Fsp3) is 0.588. The van der Waals surface area contributed by atoms with Crippen LogP contribution < -0.4 is 10.6 Å². The van der Waals surface area contributed by atoms with E-state index in [1.165, 1.54) is 5.56 Å². The number of nitrogens with zero attached hydrogens (tertiary/aromatic N) is 2. The zero-order valence-corrected chi connectivity index (χ0v) is 16.6. The summed E-state index contributed by atoms with van der Waals surface area (Å²) >= 11 is 0. The molecule has 0 radical (unpaired) electrons. The van der Waals surface area contributed by atoms with Crippen molar-refractivity contribution in [3.05, 3.63) is 35.9 Å². The van der Waals surface area contributed by atoms with E-state index in [2.05, 4.69) is 78.7 Å². The van der Waals surface area contributed by atoms with Gasteiger partial charge in [-0.15, -0.1) is 24.0 Å². The highest BCUT2D eigenvalue weighted by Crippen LogP contribution is 2.08. The van der Waals surface area contributed by atoms with Crippen molar-refractivity contribution >= 4 is 29.9 Å². The average Bonchev–Trinajstić information content (AvgIpc) is 2.48. The molecule has 0 amide bonds. The summed E-state index contributed by atoms with van der Waals surface area (Å²) < 4.78 is 0. The Kier molecular flexibility index (Phi) is 12.2. The summed E-state index contributed by atoms with van der Waals surface area (Å²) in [5, 5.41) is 6.50. The first kappa shape index (κ1) is 21.2. The van der Waals surface area contributed by atoms with Crippen LogP contribution in [0, 0.1) is 0 Å². The van der Waals surface area contributed by atoms with Crippen LogP contribution in [0.5, 0.6) is 0 Å². The first-order valence-corrected chi connectivity index (χ1v) is 7.93. The van der Waals surface area contributed by atoms with Gasteiger partial charge in [0.2, 0.25) is 0 Å². The maximum Gasteiger partial charge on any atom is 0.191 e. The van der Waals surface area contributed by atoms with Gasteiger partial charge >= 0.3 is 0 Å². The second-order valence-electron chi connectivity index (χ2n) is 5.33. The third kappa shape index (κ3) is 8.58. The van der Waals surface area contributed by atoms with Crippen LogP contribution in [-0.4, -0.2) is 43.6 Å². The summed E-state index contributed by atoms with van der Waals surface area (Å²) in [7, 11) is 2.18. The fourth-order valence-electron chi connectivity index (χ4n) is 2.12. The first-order valence-electron chi connectivity index (χ1n) is 7.93. The molecule has 0 aliphatic carbocycles. The van der Waals surface area contributed by atoms with Gasteiger partial charge in [0.15, 0.2) is 5.96 Å². The Labute approximate surface area is 152 Å². The van der Waals surface area contributed by atoms with Crippen molar-refractivity contribution in [2.45, 2.75) is 39.8 Å². The van der Waals surface area contributed by atoms with Crippen molar-refractivity contribution in [3.8, 4) is 0 Å². The molecule has 5 heteroatoms. The topological polar surface area (TPSA) is 39.7 Å². The summed E-state index contributed by atoms with van der Waals surface area (Å²) in [4.78, 5) is 6.98. The Morgan fingerprint density at radius 2 is 1.73 bits per heavy atom. The van der Waals surface area contributed by atoms with E-state index in [1.54, 1.807) is 0 Å². The molecule has 0 spiro atoms. The van der Waals surface area contributed by atoms with E-state index in [1.807, 2.05) is 0 Å². The van der Waals surface area contributed by atoms with Gasteiger partial charge in [-0.2, -0.15) is 0 Å². The third-order valence-corrected chi connectivity index (χ3v) is 3.53. The van der Waals surface area contributed by atoms with Crippen molar-refractivity contribution < 1.29 is 0 Å². The highest BCUT2D eigenvalue weighted by Gasteiger charge is 2.09. The van der Waals surface area contributed by atoms with Gasteiger partial charge in [-0.1, -0.05) is 30.3 Å². The summed E-state index contributed by atoms with van der Waals surface area (Å²) in [6, 6.07) is 11.1. The van der Waals surface area contributed by atoms with E-state index in [4.69, 9.17) is 0 Å². The van der Waals surface area contributed by atoms with Crippen molar-refractivity contribution in [2.24, 2.45) is 4.99 Å². The number of benzene rings is 1. The Balaban J connectivity index is 0.00000441. The molecule has 1 atom stereocenters. The van der Waals surface area contributed by atoms with Gasteiger partial charge in [0.25, 0.3) is 0 Å². The zero-order chi connectivity index (χ0) is 15.5. The molecular weight excluding hydrogens is 387 g/mol. The maximum absolute atomic E-state index is 4.60.